The lowest BCUT2D eigenvalue weighted by molar-refractivity contribution is 0.145. The molecule has 0 fully saturated rings. The second kappa shape index (κ2) is 3.59. The molecule has 0 saturated carbocycles. The van der Waals surface area contributed by atoms with Gasteiger partial charge in [0.25, 0.3) is 12.0 Å². The molecule has 1 rings (SSSR count). The molecule has 1 aromatic rings. The molecule has 0 bridgehead atoms. The average molecular weight is 240 g/mol. The van der Waals surface area contributed by atoms with Crippen molar-refractivity contribution in [2.75, 3.05) is 0 Å². The number of primary sulfonamides is 1. The van der Waals surface area contributed by atoms with Gasteiger partial charge in [-0.05, 0) is 0 Å². The van der Waals surface area contributed by atoms with Gasteiger partial charge in [0, 0.05) is 6.07 Å². The quantitative estimate of drug-likeness (QED) is 0.656. The van der Waals surface area contributed by atoms with Crippen LogP contribution in [0.3, 0.4) is 0 Å². The number of H-pyrrole nitrogens is 1. The Bertz CT molecular complexity index is 537. The summed E-state index contributed by atoms with van der Waals surface area (Å²) in [6.45, 7) is 0. The molecule has 9 heteroatoms. The zero-order valence-electron chi connectivity index (χ0n) is 7.07. The number of sulfonamides is 1. The van der Waals surface area contributed by atoms with Crippen molar-refractivity contribution in [2.24, 2.45) is 5.14 Å². The van der Waals surface area contributed by atoms with Gasteiger partial charge in [-0.2, -0.15) is 0 Å². The number of aromatic amines is 1. The highest BCUT2D eigenvalue weighted by molar-refractivity contribution is 7.89. The zero-order valence-corrected chi connectivity index (χ0v) is 7.88. The second-order valence-corrected chi connectivity index (χ2v) is 4.11. The summed E-state index contributed by atoms with van der Waals surface area (Å²) in [5.41, 5.74) is -2.27. The Hall–Kier alpha value is -1.48. The van der Waals surface area contributed by atoms with E-state index in [1.54, 1.807) is 4.98 Å². The Balaban J connectivity index is 3.56. The fourth-order valence-electron chi connectivity index (χ4n) is 0.946. The fraction of sp³-hybridized carbons (Fsp3) is 0.167. The van der Waals surface area contributed by atoms with Gasteiger partial charge >= 0.3 is 0 Å². The third-order valence-electron chi connectivity index (χ3n) is 1.51. The summed E-state index contributed by atoms with van der Waals surface area (Å²) in [7, 11) is -4.45. The summed E-state index contributed by atoms with van der Waals surface area (Å²) in [5.74, 6) is -1.10. The highest BCUT2D eigenvalue weighted by Crippen LogP contribution is 2.22. The molecule has 0 spiro atoms. The summed E-state index contributed by atoms with van der Waals surface area (Å²) in [5, 5.41) is 13.6. The van der Waals surface area contributed by atoms with Crippen LogP contribution in [-0.2, 0) is 10.0 Å². The van der Waals surface area contributed by atoms with E-state index in [9.17, 15) is 22.0 Å². The van der Waals surface area contributed by atoms with Crippen LogP contribution >= 0.6 is 0 Å². The smallest absolute Gasteiger partial charge is 0.278 e. The van der Waals surface area contributed by atoms with Crippen molar-refractivity contribution in [3.63, 3.8) is 0 Å². The van der Waals surface area contributed by atoms with Crippen LogP contribution in [0.15, 0.2) is 15.8 Å². The number of halogens is 2. The van der Waals surface area contributed by atoms with Gasteiger partial charge in [0.15, 0.2) is 4.90 Å². The Morgan fingerprint density at radius 3 is 2.33 bits per heavy atom. The fourth-order valence-corrected chi connectivity index (χ4v) is 1.61. The number of hydrogen-bond donors (Lipinski definition) is 3. The largest absolute Gasteiger partial charge is 0.506 e. The van der Waals surface area contributed by atoms with Crippen molar-refractivity contribution in [2.45, 2.75) is 11.3 Å². The van der Waals surface area contributed by atoms with Crippen molar-refractivity contribution < 1.29 is 22.3 Å². The number of nitrogens with one attached hydrogen (secondary N) is 1. The molecule has 0 amide bonds. The van der Waals surface area contributed by atoms with Crippen molar-refractivity contribution >= 4 is 10.0 Å². The van der Waals surface area contributed by atoms with Crippen LogP contribution in [-0.4, -0.2) is 18.5 Å². The molecule has 84 valence electrons. The molecule has 15 heavy (non-hydrogen) atoms. The predicted molar refractivity (Wildman–Crippen MR) is 45.1 cm³/mol. The molecule has 0 unspecified atom stereocenters. The van der Waals surface area contributed by atoms with Crippen LogP contribution in [0, 0.1) is 0 Å². The van der Waals surface area contributed by atoms with Crippen LogP contribution in [0.1, 0.15) is 12.1 Å². The van der Waals surface area contributed by atoms with Crippen LogP contribution in [0.4, 0.5) is 8.78 Å². The van der Waals surface area contributed by atoms with Gasteiger partial charge in [0.1, 0.15) is 5.75 Å². The van der Waals surface area contributed by atoms with E-state index in [1.807, 2.05) is 0 Å². The molecular weight excluding hydrogens is 234 g/mol. The summed E-state index contributed by atoms with van der Waals surface area (Å²) in [4.78, 5) is 11.5. The Labute approximate surface area is 82.4 Å². The molecule has 0 aliphatic heterocycles. The van der Waals surface area contributed by atoms with Gasteiger partial charge in [-0.25, -0.2) is 22.3 Å². The SMILES string of the molecule is NS(=O)(=O)c1c(O)cc(C(F)F)[nH]c1=O. The first kappa shape index (κ1) is 11.6. The standard InChI is InChI=1S/C6H6F2N2O4S/c7-5(8)2-1-3(11)4(6(12)10-2)15(9,13)14/h1,5H,(H2,9,13,14)(H2,10,11,12). The highest BCUT2D eigenvalue weighted by atomic mass is 32.2. The van der Waals surface area contributed by atoms with Crippen molar-refractivity contribution in [1.82, 2.24) is 4.98 Å². The minimum absolute atomic E-state index is 0.436. The summed E-state index contributed by atoms with van der Waals surface area (Å²) in [6.07, 6.45) is -3.03. The first-order valence-corrected chi connectivity index (χ1v) is 5.05. The normalized spacial score (nSPS) is 12.0. The minimum atomic E-state index is -4.45. The summed E-state index contributed by atoms with van der Waals surface area (Å²) in [6, 6.07) is 0.436. The molecular formula is C6H6F2N2O4S. The van der Waals surface area contributed by atoms with E-state index in [0.29, 0.717) is 6.07 Å². The number of hydrogen-bond acceptors (Lipinski definition) is 4. The third-order valence-corrected chi connectivity index (χ3v) is 2.47. The van der Waals surface area contributed by atoms with Gasteiger partial charge in [-0.3, -0.25) is 4.79 Å². The lowest BCUT2D eigenvalue weighted by Crippen LogP contribution is -2.24. The zero-order chi connectivity index (χ0) is 11.8. The monoisotopic (exact) mass is 240 g/mol. The van der Waals surface area contributed by atoms with E-state index in [4.69, 9.17) is 5.11 Å². The van der Waals surface area contributed by atoms with Crippen LogP contribution in [0.5, 0.6) is 5.75 Å². The molecule has 1 aromatic heterocycles. The molecule has 0 saturated heterocycles. The Morgan fingerprint density at radius 2 is 2.00 bits per heavy atom. The average Bonchev–Trinajstić information content (AvgIpc) is 1.99. The molecule has 1 heterocycles. The third kappa shape index (κ3) is 2.30. The first-order valence-electron chi connectivity index (χ1n) is 3.50. The topological polar surface area (TPSA) is 113 Å². The van der Waals surface area contributed by atoms with Crippen molar-refractivity contribution in [3.05, 3.63) is 22.1 Å². The second-order valence-electron chi connectivity index (χ2n) is 2.61. The van der Waals surface area contributed by atoms with Crippen LogP contribution in [0.25, 0.3) is 0 Å². The molecule has 0 aliphatic rings. The molecule has 0 aliphatic carbocycles. The number of pyridine rings is 1. The Morgan fingerprint density at radius 1 is 1.47 bits per heavy atom. The number of nitrogens with two attached hydrogens (primary N) is 1. The first-order chi connectivity index (χ1) is 6.73. The maximum Gasteiger partial charge on any atom is 0.278 e. The van der Waals surface area contributed by atoms with Gasteiger partial charge in [-0.15, -0.1) is 0 Å². The van der Waals surface area contributed by atoms with E-state index >= 15 is 0 Å². The maximum atomic E-state index is 12.1. The minimum Gasteiger partial charge on any atom is -0.506 e. The highest BCUT2D eigenvalue weighted by Gasteiger charge is 2.21. The van der Waals surface area contributed by atoms with E-state index in [-0.39, 0.29) is 0 Å². The van der Waals surface area contributed by atoms with Gasteiger partial charge in [0.05, 0.1) is 5.69 Å². The number of alkyl halides is 2. The van der Waals surface area contributed by atoms with E-state index in [0.717, 1.165) is 0 Å². The van der Waals surface area contributed by atoms with Gasteiger partial charge in [0.2, 0.25) is 10.0 Å². The molecule has 4 N–H and O–H groups in total. The van der Waals surface area contributed by atoms with Gasteiger partial charge in [-0.1, -0.05) is 0 Å². The Kier molecular flexibility index (Phi) is 2.77. The number of aromatic hydroxyl groups is 1. The van der Waals surface area contributed by atoms with Crippen molar-refractivity contribution in [3.8, 4) is 5.75 Å². The van der Waals surface area contributed by atoms with Crippen LogP contribution < -0.4 is 10.7 Å². The lowest BCUT2D eigenvalue weighted by atomic mass is 10.3. The number of rotatable bonds is 2. The maximum absolute atomic E-state index is 12.1. The van der Waals surface area contributed by atoms with E-state index in [1.165, 1.54) is 0 Å². The molecule has 0 aromatic carbocycles. The van der Waals surface area contributed by atoms with Gasteiger partial charge < -0.3 is 10.1 Å². The summed E-state index contributed by atoms with van der Waals surface area (Å²) >= 11 is 0. The van der Waals surface area contributed by atoms with E-state index < -0.39 is 38.3 Å². The van der Waals surface area contributed by atoms with E-state index in [2.05, 4.69) is 5.14 Å². The molecule has 0 radical (unpaired) electrons. The predicted octanol–water partition coefficient (Wildman–Crippen LogP) is -0.334. The summed E-state index contributed by atoms with van der Waals surface area (Å²) < 4.78 is 45.7. The number of aromatic nitrogens is 1. The molecule has 6 nitrogen and oxygen atoms in total. The lowest BCUT2D eigenvalue weighted by Gasteiger charge is -2.04. The van der Waals surface area contributed by atoms with Crippen molar-refractivity contribution in [1.29, 1.82) is 0 Å². The molecule has 0 atom stereocenters. The van der Waals surface area contributed by atoms with Crippen LogP contribution in [0.2, 0.25) is 0 Å².